The van der Waals surface area contributed by atoms with E-state index in [1.54, 1.807) is 12.4 Å². The maximum atomic E-state index is 9.15. The lowest BCUT2D eigenvalue weighted by molar-refractivity contribution is 0.294. The van der Waals surface area contributed by atoms with E-state index in [2.05, 4.69) is 21.3 Å². The second-order valence-electron chi connectivity index (χ2n) is 4.51. The van der Waals surface area contributed by atoms with Crippen LogP contribution in [0.25, 0.3) is 0 Å². The number of pyridine rings is 1. The van der Waals surface area contributed by atoms with Crippen LogP contribution in [-0.2, 0) is 6.42 Å². The van der Waals surface area contributed by atoms with Crippen molar-refractivity contribution in [1.29, 1.82) is 5.26 Å². The third kappa shape index (κ3) is 3.29. The maximum absolute atomic E-state index is 9.15. The SMILES string of the molecule is Cc1nnc(OCCCc2ccncc2)c(C#N)c1C. The van der Waals surface area contributed by atoms with E-state index >= 15 is 0 Å². The van der Waals surface area contributed by atoms with Gasteiger partial charge < -0.3 is 4.74 Å². The first-order chi connectivity index (χ1) is 9.72. The van der Waals surface area contributed by atoms with Gasteiger partial charge >= 0.3 is 0 Å². The fraction of sp³-hybridized carbons (Fsp3) is 0.333. The second-order valence-corrected chi connectivity index (χ2v) is 4.51. The molecule has 0 aliphatic carbocycles. The molecule has 2 heterocycles. The highest BCUT2D eigenvalue weighted by molar-refractivity contribution is 5.44. The molecule has 0 saturated heterocycles. The zero-order valence-corrected chi connectivity index (χ0v) is 11.6. The summed E-state index contributed by atoms with van der Waals surface area (Å²) < 4.78 is 5.57. The number of rotatable bonds is 5. The van der Waals surface area contributed by atoms with Crippen LogP contribution in [0.5, 0.6) is 5.88 Å². The van der Waals surface area contributed by atoms with Gasteiger partial charge in [0.1, 0.15) is 11.6 Å². The predicted molar refractivity (Wildman–Crippen MR) is 74.3 cm³/mol. The third-order valence-electron chi connectivity index (χ3n) is 3.13. The van der Waals surface area contributed by atoms with Gasteiger partial charge in [-0.05, 0) is 49.9 Å². The summed E-state index contributed by atoms with van der Waals surface area (Å²) in [5.41, 5.74) is 3.27. The lowest BCUT2D eigenvalue weighted by Crippen LogP contribution is -2.06. The molecule has 0 aromatic carbocycles. The van der Waals surface area contributed by atoms with Crippen LogP contribution >= 0.6 is 0 Å². The van der Waals surface area contributed by atoms with Crippen molar-refractivity contribution in [3.05, 3.63) is 46.9 Å². The van der Waals surface area contributed by atoms with Crippen LogP contribution in [0, 0.1) is 25.2 Å². The summed E-state index contributed by atoms with van der Waals surface area (Å²) >= 11 is 0. The largest absolute Gasteiger partial charge is 0.476 e. The molecule has 5 heteroatoms. The molecule has 5 nitrogen and oxygen atoms in total. The molecule has 0 atom stereocenters. The Balaban J connectivity index is 1.92. The predicted octanol–water partition coefficient (Wildman–Crippen LogP) is 2.37. The topological polar surface area (TPSA) is 71.7 Å². The van der Waals surface area contributed by atoms with Crippen LogP contribution < -0.4 is 4.74 Å². The van der Waals surface area contributed by atoms with Gasteiger partial charge in [0, 0.05) is 12.4 Å². The minimum atomic E-state index is 0.324. The quantitative estimate of drug-likeness (QED) is 0.778. The molecular formula is C15H16N4O. The van der Waals surface area contributed by atoms with Crippen molar-refractivity contribution < 1.29 is 4.74 Å². The fourth-order valence-corrected chi connectivity index (χ4v) is 1.81. The first kappa shape index (κ1) is 13.9. The Bertz CT molecular complexity index is 620. The second kappa shape index (κ2) is 6.62. The van der Waals surface area contributed by atoms with E-state index in [0.29, 0.717) is 18.1 Å². The molecule has 0 unspecified atom stereocenters. The molecule has 0 bridgehead atoms. The molecule has 102 valence electrons. The van der Waals surface area contributed by atoms with Crippen LogP contribution in [-0.4, -0.2) is 21.8 Å². The Morgan fingerprint density at radius 3 is 2.65 bits per heavy atom. The molecule has 0 fully saturated rings. The molecule has 0 amide bonds. The molecule has 2 aromatic heterocycles. The minimum absolute atomic E-state index is 0.324. The van der Waals surface area contributed by atoms with E-state index in [4.69, 9.17) is 10.00 Å². The van der Waals surface area contributed by atoms with Crippen molar-refractivity contribution in [2.45, 2.75) is 26.7 Å². The van der Waals surface area contributed by atoms with Crippen molar-refractivity contribution in [1.82, 2.24) is 15.2 Å². The Hall–Kier alpha value is -2.48. The van der Waals surface area contributed by atoms with Gasteiger partial charge in [0.05, 0.1) is 12.3 Å². The lowest BCUT2D eigenvalue weighted by atomic mass is 10.1. The third-order valence-corrected chi connectivity index (χ3v) is 3.13. The van der Waals surface area contributed by atoms with Crippen LogP contribution in [0.4, 0.5) is 0 Å². The van der Waals surface area contributed by atoms with Crippen LogP contribution in [0.15, 0.2) is 24.5 Å². The monoisotopic (exact) mass is 268 g/mol. The van der Waals surface area contributed by atoms with E-state index in [9.17, 15) is 0 Å². The van der Waals surface area contributed by atoms with Crippen LogP contribution in [0.1, 0.15) is 28.8 Å². The number of aryl methyl sites for hydroxylation is 2. The number of hydrogen-bond acceptors (Lipinski definition) is 5. The van der Waals surface area contributed by atoms with Crippen molar-refractivity contribution >= 4 is 0 Å². The molecular weight excluding hydrogens is 252 g/mol. The molecule has 2 rings (SSSR count). The Morgan fingerprint density at radius 2 is 1.95 bits per heavy atom. The number of nitriles is 1. The molecule has 0 N–H and O–H groups in total. The summed E-state index contributed by atoms with van der Waals surface area (Å²) in [5, 5.41) is 17.1. The summed E-state index contributed by atoms with van der Waals surface area (Å²) in [5.74, 6) is 0.324. The van der Waals surface area contributed by atoms with Gasteiger partial charge in [-0.3, -0.25) is 4.98 Å². The van der Waals surface area contributed by atoms with Gasteiger partial charge in [0.15, 0.2) is 0 Å². The van der Waals surface area contributed by atoms with E-state index in [0.717, 1.165) is 24.1 Å². The molecule has 0 aliphatic heterocycles. The van der Waals surface area contributed by atoms with E-state index in [1.807, 2.05) is 26.0 Å². The molecule has 0 radical (unpaired) electrons. The van der Waals surface area contributed by atoms with E-state index in [-0.39, 0.29) is 0 Å². The lowest BCUT2D eigenvalue weighted by Gasteiger charge is -2.08. The summed E-state index contributed by atoms with van der Waals surface area (Å²) in [7, 11) is 0. The van der Waals surface area contributed by atoms with Crippen LogP contribution in [0.3, 0.4) is 0 Å². The minimum Gasteiger partial charge on any atom is -0.476 e. The maximum Gasteiger partial charge on any atom is 0.251 e. The number of aromatic nitrogens is 3. The molecule has 0 saturated carbocycles. The highest BCUT2D eigenvalue weighted by Gasteiger charge is 2.11. The summed E-state index contributed by atoms with van der Waals surface area (Å²) in [6.07, 6.45) is 5.31. The Morgan fingerprint density at radius 1 is 1.20 bits per heavy atom. The Kier molecular flexibility index (Phi) is 4.61. The smallest absolute Gasteiger partial charge is 0.251 e. The molecule has 20 heavy (non-hydrogen) atoms. The van der Waals surface area contributed by atoms with Gasteiger partial charge in [0.25, 0.3) is 5.88 Å². The first-order valence-electron chi connectivity index (χ1n) is 6.48. The zero-order valence-electron chi connectivity index (χ0n) is 11.6. The van der Waals surface area contributed by atoms with Gasteiger partial charge in [-0.2, -0.15) is 10.4 Å². The molecule has 0 aliphatic rings. The van der Waals surface area contributed by atoms with Gasteiger partial charge in [-0.15, -0.1) is 5.10 Å². The van der Waals surface area contributed by atoms with Crippen LogP contribution in [0.2, 0.25) is 0 Å². The average Bonchev–Trinajstić information content (AvgIpc) is 2.48. The normalized spacial score (nSPS) is 10.1. The zero-order chi connectivity index (χ0) is 14.4. The van der Waals surface area contributed by atoms with E-state index in [1.165, 1.54) is 5.56 Å². The standard InChI is InChI=1S/C15H16N4O/c1-11-12(2)18-19-15(14(11)10-16)20-9-3-4-13-5-7-17-8-6-13/h5-8H,3-4,9H2,1-2H3. The van der Waals surface area contributed by atoms with Gasteiger partial charge in [0.2, 0.25) is 0 Å². The first-order valence-corrected chi connectivity index (χ1v) is 6.48. The highest BCUT2D eigenvalue weighted by atomic mass is 16.5. The van der Waals surface area contributed by atoms with Gasteiger partial charge in [-0.1, -0.05) is 0 Å². The van der Waals surface area contributed by atoms with Crippen molar-refractivity contribution in [3.63, 3.8) is 0 Å². The van der Waals surface area contributed by atoms with Gasteiger partial charge in [-0.25, -0.2) is 0 Å². The van der Waals surface area contributed by atoms with Crippen molar-refractivity contribution in [3.8, 4) is 11.9 Å². The number of ether oxygens (including phenoxy) is 1. The fourth-order valence-electron chi connectivity index (χ4n) is 1.81. The number of hydrogen-bond donors (Lipinski definition) is 0. The summed E-state index contributed by atoms with van der Waals surface area (Å²) in [4.78, 5) is 3.98. The average molecular weight is 268 g/mol. The highest BCUT2D eigenvalue weighted by Crippen LogP contribution is 2.19. The van der Waals surface area contributed by atoms with Crippen molar-refractivity contribution in [2.24, 2.45) is 0 Å². The Labute approximate surface area is 118 Å². The van der Waals surface area contributed by atoms with Crippen molar-refractivity contribution in [2.75, 3.05) is 6.61 Å². The summed E-state index contributed by atoms with van der Waals surface area (Å²) in [6, 6.07) is 6.09. The van der Waals surface area contributed by atoms with E-state index < -0.39 is 0 Å². The number of nitrogens with zero attached hydrogens (tertiary/aromatic N) is 4. The summed E-state index contributed by atoms with van der Waals surface area (Å²) in [6.45, 7) is 4.19. The molecule has 0 spiro atoms. The molecule has 2 aromatic rings.